The van der Waals surface area contributed by atoms with Crippen molar-refractivity contribution in [3.05, 3.63) is 0 Å². The van der Waals surface area contributed by atoms with E-state index in [1.165, 1.54) is 4.90 Å². The summed E-state index contributed by atoms with van der Waals surface area (Å²) in [6, 6.07) is -0.755. The van der Waals surface area contributed by atoms with E-state index in [1.807, 2.05) is 0 Å². The van der Waals surface area contributed by atoms with Gasteiger partial charge in [-0.3, -0.25) is 14.5 Å². The number of carbonyl (C=O) groups is 2. The number of amides is 1. The number of carbonyl (C=O) groups excluding carboxylic acids is 1. The normalized spacial score (nSPS) is 23.7. The molecule has 0 aliphatic carbocycles. The van der Waals surface area contributed by atoms with Crippen LogP contribution in [0.5, 0.6) is 0 Å². The van der Waals surface area contributed by atoms with E-state index < -0.39 is 17.6 Å². The zero-order chi connectivity index (χ0) is 11.6. The lowest BCUT2D eigenvalue weighted by molar-refractivity contribution is -0.147. The number of hydrogen-bond acceptors (Lipinski definition) is 4. The van der Waals surface area contributed by atoms with Crippen molar-refractivity contribution in [2.24, 2.45) is 0 Å². The van der Waals surface area contributed by atoms with Crippen LogP contribution in [0.1, 0.15) is 13.8 Å². The molecule has 1 unspecified atom stereocenters. The van der Waals surface area contributed by atoms with Crippen molar-refractivity contribution in [1.82, 2.24) is 10.2 Å². The van der Waals surface area contributed by atoms with Crippen LogP contribution in [0.25, 0.3) is 0 Å². The summed E-state index contributed by atoms with van der Waals surface area (Å²) in [6.45, 7) is 3.43. The highest BCUT2D eigenvalue weighted by Gasteiger charge is 2.34. The number of β-amino-alcohol motifs (C(OH)–C–C–N with tert-alkyl or cyclic N) is 1. The fourth-order valence-electron chi connectivity index (χ4n) is 1.60. The van der Waals surface area contributed by atoms with Crippen LogP contribution in [0.4, 0.5) is 0 Å². The van der Waals surface area contributed by atoms with Gasteiger partial charge >= 0.3 is 5.97 Å². The maximum absolute atomic E-state index is 11.1. The number of aliphatic hydroxyl groups is 1. The quantitative estimate of drug-likeness (QED) is 0.542. The molecule has 1 aliphatic rings. The molecule has 0 spiro atoms. The number of rotatable bonds is 3. The molecule has 1 fully saturated rings. The molecule has 1 aliphatic heterocycles. The first-order chi connectivity index (χ1) is 6.79. The van der Waals surface area contributed by atoms with Gasteiger partial charge in [0.05, 0.1) is 12.1 Å². The highest BCUT2D eigenvalue weighted by atomic mass is 16.4. The molecule has 1 amide bonds. The van der Waals surface area contributed by atoms with E-state index in [0.29, 0.717) is 0 Å². The number of nitrogens with one attached hydrogen (secondary N) is 1. The van der Waals surface area contributed by atoms with Gasteiger partial charge in [-0.05, 0) is 13.8 Å². The Labute approximate surface area is 87.9 Å². The van der Waals surface area contributed by atoms with E-state index in [0.717, 1.165) is 0 Å². The molecule has 6 nitrogen and oxygen atoms in total. The van der Waals surface area contributed by atoms with Gasteiger partial charge in [-0.15, -0.1) is 0 Å². The molecule has 15 heavy (non-hydrogen) atoms. The molecule has 0 aromatic carbocycles. The third-order valence-corrected chi connectivity index (χ3v) is 2.16. The Hall–Kier alpha value is -1.14. The monoisotopic (exact) mass is 216 g/mol. The number of carboxylic acids is 1. The minimum Gasteiger partial charge on any atom is -0.480 e. The van der Waals surface area contributed by atoms with E-state index in [1.54, 1.807) is 13.8 Å². The Balaban J connectivity index is 2.70. The van der Waals surface area contributed by atoms with E-state index in [9.17, 15) is 14.7 Å². The average molecular weight is 216 g/mol. The summed E-state index contributed by atoms with van der Waals surface area (Å²) in [4.78, 5) is 23.5. The molecule has 1 saturated heterocycles. The van der Waals surface area contributed by atoms with Crippen LogP contribution in [0, 0.1) is 0 Å². The summed E-state index contributed by atoms with van der Waals surface area (Å²) in [5, 5.41) is 21.0. The van der Waals surface area contributed by atoms with Crippen LogP contribution in [0.2, 0.25) is 0 Å². The molecule has 86 valence electrons. The summed E-state index contributed by atoms with van der Waals surface area (Å²) >= 11 is 0. The Morgan fingerprint density at radius 1 is 1.67 bits per heavy atom. The fraction of sp³-hybridized carbons (Fsp3) is 0.778. The van der Waals surface area contributed by atoms with Gasteiger partial charge in [-0.2, -0.15) is 0 Å². The van der Waals surface area contributed by atoms with Crippen LogP contribution >= 0.6 is 0 Å². The second-order valence-corrected chi connectivity index (χ2v) is 4.38. The Bertz CT molecular complexity index is 272. The van der Waals surface area contributed by atoms with Crippen LogP contribution in [0.3, 0.4) is 0 Å². The second kappa shape index (κ2) is 4.16. The minimum atomic E-state index is -1.01. The Kier molecular flexibility index (Phi) is 3.31. The Morgan fingerprint density at radius 3 is 2.73 bits per heavy atom. The van der Waals surface area contributed by atoms with Gasteiger partial charge in [0, 0.05) is 13.1 Å². The van der Waals surface area contributed by atoms with Crippen molar-refractivity contribution >= 4 is 11.9 Å². The van der Waals surface area contributed by atoms with Crippen molar-refractivity contribution in [2.45, 2.75) is 25.5 Å². The SMILES string of the molecule is CC(C)(O)CN1CC(=O)NCC1C(=O)O. The minimum absolute atomic E-state index is 0.0148. The lowest BCUT2D eigenvalue weighted by Crippen LogP contribution is -2.60. The Morgan fingerprint density at radius 2 is 2.27 bits per heavy atom. The molecular formula is C9H16N2O4. The van der Waals surface area contributed by atoms with Gasteiger partial charge < -0.3 is 15.5 Å². The topological polar surface area (TPSA) is 89.9 Å². The average Bonchev–Trinajstić information content (AvgIpc) is 1.99. The molecule has 0 aromatic rings. The number of aliphatic carboxylic acids is 1. The first kappa shape index (κ1) is 11.9. The van der Waals surface area contributed by atoms with Crippen LogP contribution < -0.4 is 5.32 Å². The summed E-state index contributed by atoms with van der Waals surface area (Å²) in [5.41, 5.74) is -1.01. The molecule has 1 rings (SSSR count). The molecule has 0 aromatic heterocycles. The molecule has 1 atom stereocenters. The number of hydrogen-bond donors (Lipinski definition) is 3. The molecule has 1 heterocycles. The highest BCUT2D eigenvalue weighted by Crippen LogP contribution is 2.10. The van der Waals surface area contributed by atoms with E-state index in [-0.39, 0.29) is 25.5 Å². The smallest absolute Gasteiger partial charge is 0.322 e. The molecule has 3 N–H and O–H groups in total. The summed E-state index contributed by atoms with van der Waals surface area (Å²) in [7, 11) is 0. The lowest BCUT2D eigenvalue weighted by Gasteiger charge is -2.36. The lowest BCUT2D eigenvalue weighted by atomic mass is 10.1. The van der Waals surface area contributed by atoms with E-state index in [2.05, 4.69) is 5.32 Å². The van der Waals surface area contributed by atoms with Crippen molar-refractivity contribution in [2.75, 3.05) is 19.6 Å². The fourth-order valence-corrected chi connectivity index (χ4v) is 1.60. The maximum Gasteiger partial charge on any atom is 0.322 e. The second-order valence-electron chi connectivity index (χ2n) is 4.38. The van der Waals surface area contributed by atoms with Crippen LogP contribution in [0.15, 0.2) is 0 Å². The number of piperazine rings is 1. The van der Waals surface area contributed by atoms with Gasteiger partial charge in [-0.25, -0.2) is 0 Å². The standard InChI is InChI=1S/C9H16N2O4/c1-9(2,15)5-11-4-7(12)10-3-6(11)8(13)14/h6,15H,3-5H2,1-2H3,(H,10,12)(H,13,14). The van der Waals surface area contributed by atoms with Gasteiger partial charge in [0.2, 0.25) is 5.91 Å². The van der Waals surface area contributed by atoms with Crippen molar-refractivity contribution in [1.29, 1.82) is 0 Å². The summed E-state index contributed by atoms with van der Waals surface area (Å²) in [5.74, 6) is -1.20. The van der Waals surface area contributed by atoms with Gasteiger partial charge in [-0.1, -0.05) is 0 Å². The van der Waals surface area contributed by atoms with Gasteiger partial charge in [0.1, 0.15) is 6.04 Å². The predicted molar refractivity (Wildman–Crippen MR) is 52.3 cm³/mol. The zero-order valence-corrected chi connectivity index (χ0v) is 8.86. The van der Waals surface area contributed by atoms with Crippen LogP contribution in [-0.2, 0) is 9.59 Å². The molecular weight excluding hydrogens is 200 g/mol. The zero-order valence-electron chi connectivity index (χ0n) is 8.86. The van der Waals surface area contributed by atoms with E-state index >= 15 is 0 Å². The molecule has 6 heteroatoms. The third kappa shape index (κ3) is 3.49. The van der Waals surface area contributed by atoms with Crippen molar-refractivity contribution < 1.29 is 19.8 Å². The van der Waals surface area contributed by atoms with Gasteiger partial charge in [0.15, 0.2) is 0 Å². The molecule has 0 bridgehead atoms. The van der Waals surface area contributed by atoms with Crippen molar-refractivity contribution in [3.8, 4) is 0 Å². The molecule has 0 saturated carbocycles. The summed E-state index contributed by atoms with van der Waals surface area (Å²) < 4.78 is 0. The van der Waals surface area contributed by atoms with Crippen LogP contribution in [-0.4, -0.2) is 58.3 Å². The largest absolute Gasteiger partial charge is 0.480 e. The summed E-state index contributed by atoms with van der Waals surface area (Å²) in [6.07, 6.45) is 0. The van der Waals surface area contributed by atoms with Crippen molar-refractivity contribution in [3.63, 3.8) is 0 Å². The molecule has 0 radical (unpaired) electrons. The predicted octanol–water partition coefficient (Wildman–Crippen LogP) is -1.36. The number of nitrogens with zero attached hydrogens (tertiary/aromatic N) is 1. The highest BCUT2D eigenvalue weighted by molar-refractivity contribution is 5.83. The maximum atomic E-state index is 11.1. The number of carboxylic acid groups (broad SMARTS) is 1. The van der Waals surface area contributed by atoms with Gasteiger partial charge in [0.25, 0.3) is 0 Å². The van der Waals surface area contributed by atoms with E-state index in [4.69, 9.17) is 5.11 Å². The first-order valence-corrected chi connectivity index (χ1v) is 4.75. The third-order valence-electron chi connectivity index (χ3n) is 2.16. The first-order valence-electron chi connectivity index (χ1n) is 4.75.